The first-order valence-electron chi connectivity index (χ1n) is 5.77. The van der Waals surface area contributed by atoms with Crippen molar-refractivity contribution in [3.8, 4) is 0 Å². The van der Waals surface area contributed by atoms with Crippen LogP contribution in [0.3, 0.4) is 0 Å². The Morgan fingerprint density at radius 1 is 1.25 bits per heavy atom. The average Bonchev–Trinajstić information content (AvgIpc) is 2.27. The van der Waals surface area contributed by atoms with E-state index in [9.17, 15) is 9.59 Å². The number of nitrogens with zero attached hydrogens (tertiary/aromatic N) is 1. The van der Waals surface area contributed by atoms with Crippen molar-refractivity contribution >= 4 is 11.8 Å². The second-order valence-corrected chi connectivity index (χ2v) is 4.77. The zero-order chi connectivity index (χ0) is 12.3. The van der Waals surface area contributed by atoms with E-state index >= 15 is 0 Å². The lowest BCUT2D eigenvalue weighted by Gasteiger charge is -2.33. The smallest absolute Gasteiger partial charge is 0.239 e. The third-order valence-electron chi connectivity index (χ3n) is 3.21. The molecule has 1 atom stereocenters. The van der Waals surface area contributed by atoms with Crippen LogP contribution in [-0.2, 0) is 9.59 Å². The van der Waals surface area contributed by atoms with Gasteiger partial charge in [0.05, 0.1) is 6.04 Å². The molecule has 1 heterocycles. The second-order valence-electron chi connectivity index (χ2n) is 4.77. The van der Waals surface area contributed by atoms with Crippen LogP contribution in [0.4, 0.5) is 0 Å². The van der Waals surface area contributed by atoms with Crippen molar-refractivity contribution < 1.29 is 9.59 Å². The normalized spacial score (nSPS) is 19.9. The summed E-state index contributed by atoms with van der Waals surface area (Å²) in [6.45, 7) is 5.04. The summed E-state index contributed by atoms with van der Waals surface area (Å²) >= 11 is 0. The number of piperidine rings is 1. The third kappa shape index (κ3) is 2.95. The Morgan fingerprint density at radius 2 is 1.75 bits per heavy atom. The lowest BCUT2D eigenvalue weighted by atomic mass is 9.95. The largest absolute Gasteiger partial charge is 0.369 e. The van der Waals surface area contributed by atoms with Gasteiger partial charge in [-0.05, 0) is 18.8 Å². The molecule has 0 bridgehead atoms. The third-order valence-corrected chi connectivity index (χ3v) is 3.21. The molecule has 1 aliphatic rings. The number of hydrogen-bond donors (Lipinski definition) is 2. The van der Waals surface area contributed by atoms with Crippen molar-refractivity contribution in [2.75, 3.05) is 13.1 Å². The Morgan fingerprint density at radius 3 is 2.12 bits per heavy atom. The molecular weight excluding hydrogens is 206 g/mol. The molecule has 1 aliphatic heterocycles. The molecule has 2 amide bonds. The first kappa shape index (κ1) is 13.0. The molecule has 0 aromatic rings. The summed E-state index contributed by atoms with van der Waals surface area (Å²) < 4.78 is 0. The van der Waals surface area contributed by atoms with Crippen LogP contribution in [-0.4, -0.2) is 35.8 Å². The fourth-order valence-electron chi connectivity index (χ4n) is 1.88. The van der Waals surface area contributed by atoms with Crippen LogP contribution in [0.5, 0.6) is 0 Å². The number of amides is 2. The summed E-state index contributed by atoms with van der Waals surface area (Å²) in [5.74, 6) is -0.223. The van der Waals surface area contributed by atoms with Crippen LogP contribution < -0.4 is 11.5 Å². The standard InChI is InChI=1S/C11H21N3O2/c1-7(2)9(12)11(16)14-5-3-8(4-6-14)10(13)15/h7-9H,3-6,12H2,1-2H3,(H2,13,15). The Bertz CT molecular complexity index is 270. The van der Waals surface area contributed by atoms with E-state index in [1.165, 1.54) is 0 Å². The van der Waals surface area contributed by atoms with Gasteiger partial charge in [0, 0.05) is 19.0 Å². The van der Waals surface area contributed by atoms with Gasteiger partial charge in [-0.3, -0.25) is 9.59 Å². The molecule has 1 saturated heterocycles. The molecule has 1 fully saturated rings. The molecule has 5 nitrogen and oxygen atoms in total. The van der Waals surface area contributed by atoms with Crippen molar-refractivity contribution in [2.45, 2.75) is 32.7 Å². The Balaban J connectivity index is 2.47. The fourth-order valence-corrected chi connectivity index (χ4v) is 1.88. The highest BCUT2D eigenvalue weighted by Gasteiger charge is 2.29. The van der Waals surface area contributed by atoms with E-state index in [-0.39, 0.29) is 23.7 Å². The molecule has 16 heavy (non-hydrogen) atoms. The monoisotopic (exact) mass is 227 g/mol. The zero-order valence-corrected chi connectivity index (χ0v) is 9.98. The molecular formula is C11H21N3O2. The molecule has 0 aromatic heterocycles. The van der Waals surface area contributed by atoms with Gasteiger partial charge >= 0.3 is 0 Å². The van der Waals surface area contributed by atoms with E-state index in [1.807, 2.05) is 13.8 Å². The molecule has 0 aliphatic carbocycles. The second kappa shape index (κ2) is 5.30. The highest BCUT2D eigenvalue weighted by atomic mass is 16.2. The maximum atomic E-state index is 11.9. The van der Waals surface area contributed by atoms with Gasteiger partial charge in [-0.15, -0.1) is 0 Å². The van der Waals surface area contributed by atoms with Crippen LogP contribution >= 0.6 is 0 Å². The summed E-state index contributed by atoms with van der Waals surface area (Å²) in [5.41, 5.74) is 11.0. The Kier molecular flexibility index (Phi) is 4.29. The van der Waals surface area contributed by atoms with E-state index in [4.69, 9.17) is 11.5 Å². The number of hydrogen-bond acceptors (Lipinski definition) is 3. The number of likely N-dealkylation sites (tertiary alicyclic amines) is 1. The molecule has 5 heteroatoms. The predicted octanol–water partition coefficient (Wildman–Crippen LogP) is -0.306. The Labute approximate surface area is 96.1 Å². The molecule has 1 unspecified atom stereocenters. The minimum atomic E-state index is -0.440. The van der Waals surface area contributed by atoms with Gasteiger partial charge in [-0.2, -0.15) is 0 Å². The van der Waals surface area contributed by atoms with Crippen LogP contribution in [0.2, 0.25) is 0 Å². The number of carbonyl (C=O) groups excluding carboxylic acids is 2. The van der Waals surface area contributed by atoms with Crippen molar-refractivity contribution in [2.24, 2.45) is 23.3 Å². The lowest BCUT2D eigenvalue weighted by Crippen LogP contribution is -2.50. The van der Waals surface area contributed by atoms with Gasteiger partial charge in [0.25, 0.3) is 0 Å². The predicted molar refractivity (Wildman–Crippen MR) is 61.3 cm³/mol. The van der Waals surface area contributed by atoms with Gasteiger partial charge in [0.1, 0.15) is 0 Å². The van der Waals surface area contributed by atoms with Crippen LogP contribution in [0.15, 0.2) is 0 Å². The number of rotatable bonds is 3. The van der Waals surface area contributed by atoms with Gasteiger partial charge in [0.2, 0.25) is 11.8 Å². The van der Waals surface area contributed by atoms with E-state index in [0.29, 0.717) is 25.9 Å². The zero-order valence-electron chi connectivity index (χ0n) is 9.98. The highest BCUT2D eigenvalue weighted by molar-refractivity contribution is 5.82. The molecule has 92 valence electrons. The summed E-state index contributed by atoms with van der Waals surface area (Å²) in [5, 5.41) is 0. The minimum Gasteiger partial charge on any atom is -0.369 e. The van der Waals surface area contributed by atoms with Crippen molar-refractivity contribution in [1.29, 1.82) is 0 Å². The van der Waals surface area contributed by atoms with Crippen molar-refractivity contribution in [3.63, 3.8) is 0 Å². The molecule has 0 spiro atoms. The first-order valence-corrected chi connectivity index (χ1v) is 5.77. The number of nitrogens with two attached hydrogens (primary N) is 2. The average molecular weight is 227 g/mol. The van der Waals surface area contributed by atoms with Crippen molar-refractivity contribution in [3.05, 3.63) is 0 Å². The maximum Gasteiger partial charge on any atom is 0.239 e. The first-order chi connectivity index (χ1) is 7.43. The number of primary amides is 1. The molecule has 0 saturated carbocycles. The van der Waals surface area contributed by atoms with Crippen molar-refractivity contribution in [1.82, 2.24) is 4.90 Å². The molecule has 4 N–H and O–H groups in total. The van der Waals surface area contributed by atoms with E-state index in [2.05, 4.69) is 0 Å². The fraction of sp³-hybridized carbons (Fsp3) is 0.818. The van der Waals surface area contributed by atoms with Gasteiger partial charge in [-0.1, -0.05) is 13.8 Å². The van der Waals surface area contributed by atoms with Crippen LogP contribution in [0, 0.1) is 11.8 Å². The van der Waals surface area contributed by atoms with Crippen LogP contribution in [0.25, 0.3) is 0 Å². The van der Waals surface area contributed by atoms with Gasteiger partial charge in [-0.25, -0.2) is 0 Å². The Hall–Kier alpha value is -1.10. The summed E-state index contributed by atoms with van der Waals surface area (Å²) in [6.07, 6.45) is 1.32. The summed E-state index contributed by atoms with van der Waals surface area (Å²) in [4.78, 5) is 24.6. The molecule has 1 rings (SSSR count). The maximum absolute atomic E-state index is 11.9. The van der Waals surface area contributed by atoms with Gasteiger partial charge < -0.3 is 16.4 Å². The minimum absolute atomic E-state index is 0.0158. The molecule has 0 radical (unpaired) electrons. The van der Waals surface area contributed by atoms with Crippen LogP contribution in [0.1, 0.15) is 26.7 Å². The van der Waals surface area contributed by atoms with Gasteiger partial charge in [0.15, 0.2) is 0 Å². The summed E-state index contributed by atoms with van der Waals surface area (Å²) in [7, 11) is 0. The number of carbonyl (C=O) groups is 2. The van der Waals surface area contributed by atoms with E-state index in [0.717, 1.165) is 0 Å². The lowest BCUT2D eigenvalue weighted by molar-refractivity contribution is -0.136. The quantitative estimate of drug-likeness (QED) is 0.693. The topological polar surface area (TPSA) is 89.4 Å². The highest BCUT2D eigenvalue weighted by Crippen LogP contribution is 2.18. The SMILES string of the molecule is CC(C)C(N)C(=O)N1CCC(C(N)=O)CC1. The summed E-state index contributed by atoms with van der Waals surface area (Å²) in [6, 6.07) is -0.440. The van der Waals surface area contributed by atoms with E-state index in [1.54, 1.807) is 4.90 Å². The van der Waals surface area contributed by atoms with E-state index < -0.39 is 6.04 Å². The molecule has 0 aromatic carbocycles.